The molecule has 1 unspecified atom stereocenters. The Bertz CT molecular complexity index is 174. The van der Waals surface area contributed by atoms with Crippen LogP contribution < -0.4 is 0 Å². The Morgan fingerprint density at radius 2 is 2.08 bits per heavy atom. The van der Waals surface area contributed by atoms with Gasteiger partial charge in [0.15, 0.2) is 0 Å². The SMILES string of the molecule is CN(CC1CO1)CC1(O)CCCC1. The zero-order valence-electron chi connectivity index (χ0n) is 8.33. The highest BCUT2D eigenvalue weighted by atomic mass is 16.6. The summed E-state index contributed by atoms with van der Waals surface area (Å²) in [5, 5.41) is 10.1. The van der Waals surface area contributed by atoms with E-state index in [1.165, 1.54) is 12.8 Å². The molecule has 0 aromatic carbocycles. The summed E-state index contributed by atoms with van der Waals surface area (Å²) in [5.41, 5.74) is -0.399. The first-order valence-electron chi connectivity index (χ1n) is 5.20. The fourth-order valence-corrected chi connectivity index (χ4v) is 2.28. The van der Waals surface area contributed by atoms with Crippen LogP contribution in [-0.2, 0) is 4.74 Å². The van der Waals surface area contributed by atoms with Crippen LogP contribution in [-0.4, -0.2) is 48.5 Å². The van der Waals surface area contributed by atoms with Crippen molar-refractivity contribution >= 4 is 0 Å². The molecule has 1 aliphatic carbocycles. The first-order chi connectivity index (χ1) is 6.18. The first-order valence-corrected chi connectivity index (χ1v) is 5.20. The third-order valence-corrected chi connectivity index (χ3v) is 3.02. The van der Waals surface area contributed by atoms with Crippen LogP contribution in [0.3, 0.4) is 0 Å². The van der Waals surface area contributed by atoms with Gasteiger partial charge in [-0.05, 0) is 19.9 Å². The molecule has 2 fully saturated rings. The molecule has 1 atom stereocenters. The van der Waals surface area contributed by atoms with Crippen molar-refractivity contribution in [1.82, 2.24) is 4.90 Å². The van der Waals surface area contributed by atoms with E-state index in [0.717, 1.165) is 32.5 Å². The van der Waals surface area contributed by atoms with Crippen LogP contribution in [0, 0.1) is 0 Å². The number of hydrogen-bond acceptors (Lipinski definition) is 3. The normalized spacial score (nSPS) is 31.2. The molecule has 0 radical (unpaired) electrons. The Morgan fingerprint density at radius 3 is 2.62 bits per heavy atom. The minimum atomic E-state index is -0.399. The van der Waals surface area contributed by atoms with Crippen LogP contribution in [0.25, 0.3) is 0 Å². The smallest absolute Gasteiger partial charge is 0.0936 e. The van der Waals surface area contributed by atoms with E-state index in [4.69, 9.17) is 4.74 Å². The number of ether oxygens (including phenoxy) is 1. The second-order valence-electron chi connectivity index (χ2n) is 4.58. The standard InChI is InChI=1S/C10H19NO2/c1-11(6-9-7-13-9)8-10(12)4-2-3-5-10/h9,12H,2-8H2,1H3. The highest BCUT2D eigenvalue weighted by molar-refractivity contribution is 4.87. The largest absolute Gasteiger partial charge is 0.389 e. The van der Waals surface area contributed by atoms with E-state index in [1.54, 1.807) is 0 Å². The van der Waals surface area contributed by atoms with Crippen molar-refractivity contribution < 1.29 is 9.84 Å². The zero-order valence-corrected chi connectivity index (χ0v) is 8.33. The molecule has 76 valence electrons. The molecule has 1 saturated heterocycles. The molecule has 0 spiro atoms. The van der Waals surface area contributed by atoms with E-state index < -0.39 is 5.60 Å². The Hall–Kier alpha value is -0.120. The van der Waals surface area contributed by atoms with Crippen LogP contribution in [0.15, 0.2) is 0 Å². The Kier molecular flexibility index (Phi) is 2.58. The monoisotopic (exact) mass is 185 g/mol. The number of hydrogen-bond donors (Lipinski definition) is 1. The predicted molar refractivity (Wildman–Crippen MR) is 50.7 cm³/mol. The van der Waals surface area contributed by atoms with E-state index in [2.05, 4.69) is 11.9 Å². The molecule has 1 aliphatic heterocycles. The average molecular weight is 185 g/mol. The van der Waals surface area contributed by atoms with Crippen molar-refractivity contribution in [3.8, 4) is 0 Å². The van der Waals surface area contributed by atoms with Gasteiger partial charge in [-0.25, -0.2) is 0 Å². The highest BCUT2D eigenvalue weighted by Gasteiger charge is 2.33. The number of epoxide rings is 1. The summed E-state index contributed by atoms with van der Waals surface area (Å²) in [4.78, 5) is 2.20. The topological polar surface area (TPSA) is 36.0 Å². The zero-order chi connectivity index (χ0) is 9.31. The fourth-order valence-electron chi connectivity index (χ4n) is 2.28. The fraction of sp³-hybridized carbons (Fsp3) is 1.00. The Balaban J connectivity index is 1.74. The summed E-state index contributed by atoms with van der Waals surface area (Å²) in [6.07, 6.45) is 4.76. The van der Waals surface area contributed by atoms with E-state index in [9.17, 15) is 5.11 Å². The molecule has 0 bridgehead atoms. The van der Waals surface area contributed by atoms with Gasteiger partial charge in [0.2, 0.25) is 0 Å². The summed E-state index contributed by atoms with van der Waals surface area (Å²) < 4.78 is 5.15. The molecule has 0 aromatic rings. The average Bonchev–Trinajstić information content (AvgIpc) is 2.74. The maximum atomic E-state index is 10.1. The molecule has 13 heavy (non-hydrogen) atoms. The second kappa shape index (κ2) is 3.56. The third-order valence-electron chi connectivity index (χ3n) is 3.02. The molecular weight excluding hydrogens is 166 g/mol. The number of nitrogens with zero attached hydrogens (tertiary/aromatic N) is 1. The molecule has 1 saturated carbocycles. The van der Waals surface area contributed by atoms with Crippen molar-refractivity contribution in [3.63, 3.8) is 0 Å². The molecule has 2 aliphatic rings. The lowest BCUT2D eigenvalue weighted by Crippen LogP contribution is -2.40. The molecular formula is C10H19NO2. The van der Waals surface area contributed by atoms with Crippen molar-refractivity contribution in [2.24, 2.45) is 0 Å². The number of rotatable bonds is 4. The summed E-state index contributed by atoms with van der Waals surface area (Å²) >= 11 is 0. The van der Waals surface area contributed by atoms with Gasteiger partial charge in [0, 0.05) is 13.1 Å². The van der Waals surface area contributed by atoms with Crippen molar-refractivity contribution in [2.75, 3.05) is 26.7 Å². The highest BCUT2D eigenvalue weighted by Crippen LogP contribution is 2.30. The van der Waals surface area contributed by atoms with E-state index in [0.29, 0.717) is 6.10 Å². The second-order valence-corrected chi connectivity index (χ2v) is 4.58. The van der Waals surface area contributed by atoms with Crippen LogP contribution in [0.5, 0.6) is 0 Å². The lowest BCUT2D eigenvalue weighted by atomic mass is 10.0. The molecule has 1 N–H and O–H groups in total. The molecule has 3 nitrogen and oxygen atoms in total. The van der Waals surface area contributed by atoms with Gasteiger partial charge in [-0.3, -0.25) is 0 Å². The molecule has 0 amide bonds. The lowest BCUT2D eigenvalue weighted by Gasteiger charge is -2.28. The van der Waals surface area contributed by atoms with E-state index in [-0.39, 0.29) is 0 Å². The van der Waals surface area contributed by atoms with E-state index >= 15 is 0 Å². The predicted octanol–water partition coefficient (Wildman–Crippen LogP) is 0.622. The number of likely N-dealkylation sites (N-methyl/N-ethyl adjacent to an activating group) is 1. The Morgan fingerprint density at radius 1 is 1.46 bits per heavy atom. The van der Waals surface area contributed by atoms with Gasteiger partial charge in [-0.1, -0.05) is 12.8 Å². The van der Waals surface area contributed by atoms with Gasteiger partial charge in [-0.2, -0.15) is 0 Å². The van der Waals surface area contributed by atoms with Crippen molar-refractivity contribution in [2.45, 2.75) is 37.4 Å². The molecule has 2 rings (SSSR count). The Labute approximate surface area is 79.7 Å². The van der Waals surface area contributed by atoms with Gasteiger partial charge in [0.25, 0.3) is 0 Å². The summed E-state index contributed by atoms with van der Waals surface area (Å²) in [6.45, 7) is 2.69. The van der Waals surface area contributed by atoms with Crippen LogP contribution in [0.2, 0.25) is 0 Å². The summed E-state index contributed by atoms with van der Waals surface area (Å²) in [6, 6.07) is 0. The molecule has 0 aromatic heterocycles. The van der Waals surface area contributed by atoms with Crippen molar-refractivity contribution in [3.05, 3.63) is 0 Å². The maximum absolute atomic E-state index is 10.1. The summed E-state index contributed by atoms with van der Waals surface area (Å²) in [7, 11) is 2.07. The minimum absolute atomic E-state index is 0.399. The van der Waals surface area contributed by atoms with Crippen LogP contribution in [0.4, 0.5) is 0 Å². The van der Waals surface area contributed by atoms with Gasteiger partial charge < -0.3 is 14.7 Å². The molecule has 3 heteroatoms. The lowest BCUT2D eigenvalue weighted by molar-refractivity contribution is 0.0151. The minimum Gasteiger partial charge on any atom is -0.389 e. The number of aliphatic hydroxyl groups is 1. The van der Waals surface area contributed by atoms with E-state index in [1.807, 2.05) is 0 Å². The van der Waals surface area contributed by atoms with Crippen LogP contribution in [0.1, 0.15) is 25.7 Å². The maximum Gasteiger partial charge on any atom is 0.0936 e. The van der Waals surface area contributed by atoms with Crippen LogP contribution >= 0.6 is 0 Å². The quantitative estimate of drug-likeness (QED) is 0.652. The summed E-state index contributed by atoms with van der Waals surface area (Å²) in [5.74, 6) is 0. The van der Waals surface area contributed by atoms with Gasteiger partial charge in [0.05, 0.1) is 18.3 Å². The van der Waals surface area contributed by atoms with Gasteiger partial charge in [-0.15, -0.1) is 0 Å². The van der Waals surface area contributed by atoms with Crippen molar-refractivity contribution in [1.29, 1.82) is 0 Å². The van der Waals surface area contributed by atoms with Gasteiger partial charge >= 0.3 is 0 Å². The first kappa shape index (κ1) is 9.44. The third kappa shape index (κ3) is 2.66. The van der Waals surface area contributed by atoms with Gasteiger partial charge in [0.1, 0.15) is 0 Å². The molecule has 1 heterocycles.